The average molecular weight is 387 g/mol. The predicted octanol–water partition coefficient (Wildman–Crippen LogP) is 1.86. The molecule has 4 rings (SSSR count). The smallest absolute Gasteiger partial charge is 0.132 e. The van der Waals surface area contributed by atoms with E-state index >= 15 is 0 Å². The molecule has 0 bridgehead atoms. The third kappa shape index (κ3) is 5.84. The van der Waals surface area contributed by atoms with Crippen LogP contribution in [0.4, 0.5) is 11.6 Å². The lowest BCUT2D eigenvalue weighted by atomic mass is 10.3. The largest absolute Gasteiger partial charge is 0.378 e. The summed E-state index contributed by atoms with van der Waals surface area (Å²) in [6, 6.07) is 4.05. The van der Waals surface area contributed by atoms with Gasteiger partial charge in [-0.1, -0.05) is 0 Å². The minimum atomic E-state index is 0.794. The highest BCUT2D eigenvalue weighted by Gasteiger charge is 2.13. The van der Waals surface area contributed by atoms with Gasteiger partial charge in [-0.05, 0) is 27.7 Å². The summed E-state index contributed by atoms with van der Waals surface area (Å²) in [7, 11) is 0. The zero-order chi connectivity index (χ0) is 19.9. The molecule has 8 heteroatoms. The van der Waals surface area contributed by atoms with E-state index < -0.39 is 0 Å². The Morgan fingerprint density at radius 3 is 1.29 bits per heavy atom. The third-order valence-electron chi connectivity index (χ3n) is 4.58. The van der Waals surface area contributed by atoms with Crippen molar-refractivity contribution in [3.63, 3.8) is 0 Å². The van der Waals surface area contributed by atoms with Crippen LogP contribution in [0.15, 0.2) is 12.1 Å². The number of aromatic nitrogens is 4. The van der Waals surface area contributed by atoms with E-state index in [0.29, 0.717) is 0 Å². The van der Waals surface area contributed by atoms with Gasteiger partial charge in [0.15, 0.2) is 0 Å². The molecule has 0 aliphatic carbocycles. The molecule has 0 aromatic carbocycles. The van der Waals surface area contributed by atoms with Gasteiger partial charge in [0, 0.05) is 49.7 Å². The molecule has 2 aliphatic heterocycles. The number of ether oxygens (including phenoxy) is 2. The molecular weight excluding hydrogens is 356 g/mol. The van der Waals surface area contributed by atoms with Crippen molar-refractivity contribution in [2.75, 3.05) is 62.4 Å². The molecule has 0 radical (unpaired) electrons. The number of anilines is 2. The van der Waals surface area contributed by atoms with Crippen LogP contribution in [0, 0.1) is 27.7 Å². The molecule has 8 nitrogen and oxygen atoms in total. The van der Waals surface area contributed by atoms with Crippen molar-refractivity contribution in [2.45, 2.75) is 27.7 Å². The normalized spacial score (nSPS) is 17.1. The predicted molar refractivity (Wildman–Crippen MR) is 109 cm³/mol. The topological polar surface area (TPSA) is 76.5 Å². The summed E-state index contributed by atoms with van der Waals surface area (Å²) in [5, 5.41) is 0. The number of aryl methyl sites for hydroxylation is 4. The standard InChI is InChI=1S/2C10H15N3O/c2*1-8-7-10(12-9(2)11-8)13-3-5-14-6-4-13/h2*7H,3-6H2,1-2H3. The first-order chi connectivity index (χ1) is 13.5. The third-order valence-corrected chi connectivity index (χ3v) is 4.58. The number of rotatable bonds is 2. The SMILES string of the molecule is Cc1cc(N2CCOCC2)nc(C)n1.Cc1cc(N2CCOCC2)nc(C)n1. The molecule has 0 atom stereocenters. The summed E-state index contributed by atoms with van der Waals surface area (Å²) >= 11 is 0. The monoisotopic (exact) mass is 386 g/mol. The van der Waals surface area contributed by atoms with Crippen molar-refractivity contribution in [1.29, 1.82) is 0 Å². The van der Waals surface area contributed by atoms with Gasteiger partial charge in [-0.3, -0.25) is 0 Å². The van der Waals surface area contributed by atoms with Gasteiger partial charge in [-0.15, -0.1) is 0 Å². The molecule has 28 heavy (non-hydrogen) atoms. The van der Waals surface area contributed by atoms with E-state index in [0.717, 1.165) is 87.3 Å². The summed E-state index contributed by atoms with van der Waals surface area (Å²) in [5.74, 6) is 3.73. The number of morpholine rings is 2. The molecule has 2 fully saturated rings. The Morgan fingerprint density at radius 2 is 0.964 bits per heavy atom. The Kier molecular flexibility index (Phi) is 7.11. The van der Waals surface area contributed by atoms with Gasteiger partial charge in [0.2, 0.25) is 0 Å². The van der Waals surface area contributed by atoms with Crippen LogP contribution in [0.3, 0.4) is 0 Å². The van der Waals surface area contributed by atoms with Crippen LogP contribution >= 0.6 is 0 Å². The maximum atomic E-state index is 5.30. The summed E-state index contributed by atoms with van der Waals surface area (Å²) in [6.07, 6.45) is 0. The molecule has 152 valence electrons. The lowest BCUT2D eigenvalue weighted by molar-refractivity contribution is 0.122. The summed E-state index contributed by atoms with van der Waals surface area (Å²) < 4.78 is 10.6. The van der Waals surface area contributed by atoms with Crippen LogP contribution < -0.4 is 9.80 Å². The highest BCUT2D eigenvalue weighted by molar-refractivity contribution is 5.40. The minimum Gasteiger partial charge on any atom is -0.378 e. The molecule has 2 aliphatic rings. The molecule has 0 amide bonds. The maximum Gasteiger partial charge on any atom is 0.132 e. The van der Waals surface area contributed by atoms with Crippen LogP contribution in [-0.2, 0) is 9.47 Å². The highest BCUT2D eigenvalue weighted by atomic mass is 16.5. The Bertz CT molecular complexity index is 667. The molecule has 4 heterocycles. The van der Waals surface area contributed by atoms with Crippen LogP contribution in [0.1, 0.15) is 23.0 Å². The van der Waals surface area contributed by atoms with Crippen LogP contribution in [-0.4, -0.2) is 72.5 Å². The van der Waals surface area contributed by atoms with E-state index in [1.54, 1.807) is 0 Å². The van der Waals surface area contributed by atoms with E-state index in [2.05, 4.69) is 29.7 Å². The second-order valence-electron chi connectivity index (χ2n) is 7.03. The Hall–Kier alpha value is -2.32. The van der Waals surface area contributed by atoms with E-state index in [4.69, 9.17) is 9.47 Å². The number of hydrogen-bond acceptors (Lipinski definition) is 8. The maximum absolute atomic E-state index is 5.30. The van der Waals surface area contributed by atoms with Gasteiger partial charge in [-0.25, -0.2) is 19.9 Å². The van der Waals surface area contributed by atoms with Crippen molar-refractivity contribution in [3.05, 3.63) is 35.2 Å². The fraction of sp³-hybridized carbons (Fsp3) is 0.600. The minimum absolute atomic E-state index is 0.794. The Balaban J connectivity index is 0.000000161. The number of hydrogen-bond donors (Lipinski definition) is 0. The van der Waals surface area contributed by atoms with Crippen LogP contribution in [0.25, 0.3) is 0 Å². The van der Waals surface area contributed by atoms with Crippen LogP contribution in [0.2, 0.25) is 0 Å². The van der Waals surface area contributed by atoms with Crippen LogP contribution in [0.5, 0.6) is 0 Å². The molecule has 0 spiro atoms. The second kappa shape index (κ2) is 9.75. The zero-order valence-corrected chi connectivity index (χ0v) is 17.3. The first kappa shape index (κ1) is 20.4. The molecule has 0 N–H and O–H groups in total. The number of nitrogens with zero attached hydrogens (tertiary/aromatic N) is 6. The fourth-order valence-electron chi connectivity index (χ4n) is 3.30. The van der Waals surface area contributed by atoms with Gasteiger partial charge >= 0.3 is 0 Å². The van der Waals surface area contributed by atoms with E-state index in [9.17, 15) is 0 Å². The van der Waals surface area contributed by atoms with Gasteiger partial charge in [-0.2, -0.15) is 0 Å². The molecule has 2 saturated heterocycles. The lowest BCUT2D eigenvalue weighted by Crippen LogP contribution is -2.36. The summed E-state index contributed by atoms with van der Waals surface area (Å²) in [5.41, 5.74) is 2.05. The quantitative estimate of drug-likeness (QED) is 0.774. The van der Waals surface area contributed by atoms with Crippen molar-refractivity contribution < 1.29 is 9.47 Å². The first-order valence-corrected chi connectivity index (χ1v) is 9.81. The zero-order valence-electron chi connectivity index (χ0n) is 17.3. The average Bonchev–Trinajstić information content (AvgIpc) is 2.68. The van der Waals surface area contributed by atoms with Crippen molar-refractivity contribution in [3.8, 4) is 0 Å². The van der Waals surface area contributed by atoms with Gasteiger partial charge in [0.25, 0.3) is 0 Å². The van der Waals surface area contributed by atoms with E-state index in [-0.39, 0.29) is 0 Å². The Labute approximate surface area is 166 Å². The Morgan fingerprint density at radius 1 is 0.607 bits per heavy atom. The van der Waals surface area contributed by atoms with Gasteiger partial charge in [0.1, 0.15) is 23.3 Å². The molecule has 0 unspecified atom stereocenters. The van der Waals surface area contributed by atoms with E-state index in [1.165, 1.54) is 0 Å². The molecule has 2 aromatic heterocycles. The lowest BCUT2D eigenvalue weighted by Gasteiger charge is -2.28. The molecular formula is C20H30N6O2. The summed E-state index contributed by atoms with van der Waals surface area (Å²) in [6.45, 7) is 14.7. The molecule has 0 saturated carbocycles. The first-order valence-electron chi connectivity index (χ1n) is 9.81. The van der Waals surface area contributed by atoms with Crippen molar-refractivity contribution >= 4 is 11.6 Å². The van der Waals surface area contributed by atoms with Crippen molar-refractivity contribution in [2.24, 2.45) is 0 Å². The van der Waals surface area contributed by atoms with Gasteiger partial charge < -0.3 is 19.3 Å². The van der Waals surface area contributed by atoms with Gasteiger partial charge in [0.05, 0.1) is 26.4 Å². The summed E-state index contributed by atoms with van der Waals surface area (Å²) in [4.78, 5) is 21.8. The second-order valence-corrected chi connectivity index (χ2v) is 7.03. The van der Waals surface area contributed by atoms with Crippen molar-refractivity contribution in [1.82, 2.24) is 19.9 Å². The fourth-order valence-corrected chi connectivity index (χ4v) is 3.30. The highest BCUT2D eigenvalue weighted by Crippen LogP contribution is 2.14. The van der Waals surface area contributed by atoms with E-state index in [1.807, 2.05) is 39.8 Å². The molecule has 2 aromatic rings.